The van der Waals surface area contributed by atoms with E-state index in [1.807, 2.05) is 31.3 Å². The summed E-state index contributed by atoms with van der Waals surface area (Å²) in [6, 6.07) is 16.4. The molecule has 0 unspecified atom stereocenters. The van der Waals surface area contributed by atoms with Crippen LogP contribution in [-0.2, 0) is 24.5 Å². The van der Waals surface area contributed by atoms with E-state index in [0.717, 1.165) is 17.9 Å². The molecule has 0 aliphatic carbocycles. The van der Waals surface area contributed by atoms with Crippen LogP contribution < -0.4 is 10.1 Å². The fourth-order valence-corrected chi connectivity index (χ4v) is 2.08. The number of benzene rings is 2. The van der Waals surface area contributed by atoms with Crippen molar-refractivity contribution in [3.05, 3.63) is 65.2 Å². The molecule has 2 rings (SSSR count). The smallest absolute Gasteiger partial charge is 0.119 e. The molecule has 0 aliphatic rings. The molecule has 2 aromatic rings. The van der Waals surface area contributed by atoms with Gasteiger partial charge in [-0.1, -0.05) is 36.4 Å². The predicted molar refractivity (Wildman–Crippen MR) is 80.7 cm³/mol. The first-order valence-corrected chi connectivity index (χ1v) is 6.75. The molecule has 3 nitrogen and oxygen atoms in total. The van der Waals surface area contributed by atoms with Gasteiger partial charge in [-0.3, -0.25) is 0 Å². The van der Waals surface area contributed by atoms with E-state index in [2.05, 4.69) is 29.6 Å². The van der Waals surface area contributed by atoms with Crippen LogP contribution in [0.2, 0.25) is 0 Å². The average molecular weight is 271 g/mol. The van der Waals surface area contributed by atoms with Gasteiger partial charge in [-0.2, -0.15) is 0 Å². The Morgan fingerprint density at radius 1 is 0.900 bits per heavy atom. The van der Waals surface area contributed by atoms with E-state index in [1.165, 1.54) is 11.1 Å². The second kappa shape index (κ2) is 7.68. The molecule has 106 valence electrons. The van der Waals surface area contributed by atoms with E-state index in [0.29, 0.717) is 13.2 Å². The van der Waals surface area contributed by atoms with Gasteiger partial charge >= 0.3 is 0 Å². The molecule has 0 aliphatic heterocycles. The number of hydrogen-bond donors (Lipinski definition) is 1. The van der Waals surface area contributed by atoms with Gasteiger partial charge in [0.05, 0.1) is 20.3 Å². The lowest BCUT2D eigenvalue weighted by Crippen LogP contribution is -2.05. The summed E-state index contributed by atoms with van der Waals surface area (Å²) in [5.41, 5.74) is 3.59. The molecular weight excluding hydrogens is 250 g/mol. The fraction of sp³-hybridized carbons (Fsp3) is 0.294. The van der Waals surface area contributed by atoms with Crippen molar-refractivity contribution in [2.75, 3.05) is 14.2 Å². The van der Waals surface area contributed by atoms with E-state index in [9.17, 15) is 0 Å². The van der Waals surface area contributed by atoms with Crippen LogP contribution in [-0.4, -0.2) is 14.2 Å². The van der Waals surface area contributed by atoms with Crippen LogP contribution in [0.25, 0.3) is 0 Å². The molecular formula is C17H21NO2. The molecule has 0 bridgehead atoms. The monoisotopic (exact) mass is 271 g/mol. The Morgan fingerprint density at radius 2 is 1.55 bits per heavy atom. The summed E-state index contributed by atoms with van der Waals surface area (Å²) in [4.78, 5) is 0. The van der Waals surface area contributed by atoms with Crippen molar-refractivity contribution < 1.29 is 9.47 Å². The van der Waals surface area contributed by atoms with Crippen molar-refractivity contribution in [2.45, 2.75) is 19.8 Å². The van der Waals surface area contributed by atoms with Crippen molar-refractivity contribution in [1.29, 1.82) is 0 Å². The number of ether oxygens (including phenoxy) is 2. The lowest BCUT2D eigenvalue weighted by atomic mass is 10.1. The number of methoxy groups -OCH3 is 1. The van der Waals surface area contributed by atoms with Crippen LogP contribution >= 0.6 is 0 Å². The molecule has 20 heavy (non-hydrogen) atoms. The number of rotatable bonds is 7. The third kappa shape index (κ3) is 4.37. The lowest BCUT2D eigenvalue weighted by Gasteiger charge is -2.08. The standard InChI is InChI=1S/C17H21NO2/c1-18-11-14-5-3-6-15(9-14)12-20-13-16-7-4-8-17(10-16)19-2/h3-10,18H,11-13H2,1-2H3. The topological polar surface area (TPSA) is 30.5 Å². The molecule has 0 saturated heterocycles. The molecule has 0 saturated carbocycles. The van der Waals surface area contributed by atoms with Crippen LogP contribution in [0.5, 0.6) is 5.75 Å². The van der Waals surface area contributed by atoms with E-state index in [4.69, 9.17) is 9.47 Å². The maximum atomic E-state index is 5.76. The van der Waals surface area contributed by atoms with E-state index >= 15 is 0 Å². The Labute approximate surface area is 120 Å². The van der Waals surface area contributed by atoms with Gasteiger partial charge in [0.15, 0.2) is 0 Å². The van der Waals surface area contributed by atoms with Crippen LogP contribution in [0, 0.1) is 0 Å². The second-order valence-electron chi connectivity index (χ2n) is 4.69. The van der Waals surface area contributed by atoms with E-state index in [1.54, 1.807) is 7.11 Å². The van der Waals surface area contributed by atoms with Gasteiger partial charge < -0.3 is 14.8 Å². The molecule has 0 amide bonds. The summed E-state index contributed by atoms with van der Waals surface area (Å²) in [6.07, 6.45) is 0. The van der Waals surface area contributed by atoms with Gasteiger partial charge in [0.25, 0.3) is 0 Å². The van der Waals surface area contributed by atoms with Gasteiger partial charge in [0.2, 0.25) is 0 Å². The molecule has 2 aromatic carbocycles. The highest BCUT2D eigenvalue weighted by Crippen LogP contribution is 2.14. The minimum absolute atomic E-state index is 0.591. The van der Waals surface area contributed by atoms with Gasteiger partial charge in [-0.15, -0.1) is 0 Å². The van der Waals surface area contributed by atoms with Crippen molar-refractivity contribution in [3.63, 3.8) is 0 Å². The highest BCUT2D eigenvalue weighted by Gasteiger charge is 1.99. The molecule has 0 radical (unpaired) electrons. The van der Waals surface area contributed by atoms with E-state index in [-0.39, 0.29) is 0 Å². The molecule has 0 spiro atoms. The minimum Gasteiger partial charge on any atom is -0.497 e. The second-order valence-corrected chi connectivity index (χ2v) is 4.69. The Kier molecular flexibility index (Phi) is 5.59. The fourth-order valence-electron chi connectivity index (χ4n) is 2.08. The highest BCUT2D eigenvalue weighted by atomic mass is 16.5. The van der Waals surface area contributed by atoms with Crippen molar-refractivity contribution in [3.8, 4) is 5.75 Å². The van der Waals surface area contributed by atoms with Crippen LogP contribution in [0.1, 0.15) is 16.7 Å². The number of hydrogen-bond acceptors (Lipinski definition) is 3. The van der Waals surface area contributed by atoms with Crippen molar-refractivity contribution in [2.24, 2.45) is 0 Å². The first kappa shape index (κ1) is 14.6. The zero-order chi connectivity index (χ0) is 14.2. The summed E-state index contributed by atoms with van der Waals surface area (Å²) in [5.74, 6) is 0.863. The van der Waals surface area contributed by atoms with Crippen LogP contribution in [0.4, 0.5) is 0 Å². The molecule has 0 fully saturated rings. The largest absolute Gasteiger partial charge is 0.497 e. The third-order valence-electron chi connectivity index (χ3n) is 3.04. The zero-order valence-corrected chi connectivity index (χ0v) is 12.1. The summed E-state index contributed by atoms with van der Waals surface area (Å²) < 4.78 is 11.0. The average Bonchev–Trinajstić information content (AvgIpc) is 2.48. The van der Waals surface area contributed by atoms with Crippen molar-refractivity contribution in [1.82, 2.24) is 5.32 Å². The molecule has 0 aromatic heterocycles. The summed E-state index contributed by atoms with van der Waals surface area (Å²) in [7, 11) is 3.62. The molecule has 0 atom stereocenters. The first-order valence-electron chi connectivity index (χ1n) is 6.75. The summed E-state index contributed by atoms with van der Waals surface area (Å²) in [5, 5.41) is 3.15. The van der Waals surface area contributed by atoms with Crippen LogP contribution in [0.3, 0.4) is 0 Å². The molecule has 3 heteroatoms. The first-order chi connectivity index (χ1) is 9.81. The Bertz CT molecular complexity index is 540. The third-order valence-corrected chi connectivity index (χ3v) is 3.04. The SMILES string of the molecule is CNCc1cccc(COCc2cccc(OC)c2)c1. The lowest BCUT2D eigenvalue weighted by molar-refractivity contribution is 0.107. The Morgan fingerprint density at radius 3 is 2.25 bits per heavy atom. The zero-order valence-electron chi connectivity index (χ0n) is 12.1. The summed E-state index contributed by atoms with van der Waals surface area (Å²) >= 11 is 0. The Balaban J connectivity index is 1.87. The van der Waals surface area contributed by atoms with E-state index < -0.39 is 0 Å². The molecule has 0 heterocycles. The number of nitrogens with one attached hydrogen (secondary N) is 1. The quantitative estimate of drug-likeness (QED) is 0.839. The normalized spacial score (nSPS) is 10.5. The Hall–Kier alpha value is -1.84. The van der Waals surface area contributed by atoms with Gasteiger partial charge in [-0.05, 0) is 35.9 Å². The van der Waals surface area contributed by atoms with Gasteiger partial charge in [0, 0.05) is 6.54 Å². The molecule has 1 N–H and O–H groups in total. The maximum absolute atomic E-state index is 5.76. The highest BCUT2D eigenvalue weighted by molar-refractivity contribution is 5.28. The van der Waals surface area contributed by atoms with Crippen molar-refractivity contribution >= 4 is 0 Å². The summed E-state index contributed by atoms with van der Waals surface area (Å²) in [6.45, 7) is 2.09. The van der Waals surface area contributed by atoms with Gasteiger partial charge in [0.1, 0.15) is 5.75 Å². The minimum atomic E-state index is 0.591. The predicted octanol–water partition coefficient (Wildman–Crippen LogP) is 3.13. The van der Waals surface area contributed by atoms with Crippen LogP contribution in [0.15, 0.2) is 48.5 Å². The van der Waals surface area contributed by atoms with Gasteiger partial charge in [-0.25, -0.2) is 0 Å². The maximum Gasteiger partial charge on any atom is 0.119 e.